The number of rotatable bonds is 91. The summed E-state index contributed by atoms with van der Waals surface area (Å²) in [6, 6.07) is 0. The van der Waals surface area contributed by atoms with Gasteiger partial charge in [-0.15, -0.1) is 0 Å². The molecule has 105 heavy (non-hydrogen) atoms. The summed E-state index contributed by atoms with van der Waals surface area (Å²) in [6.07, 6.45) is 114. The smallest absolute Gasteiger partial charge is 0.306 e. The van der Waals surface area contributed by atoms with Crippen molar-refractivity contribution in [1.29, 1.82) is 0 Å². The van der Waals surface area contributed by atoms with Crippen LogP contribution in [0, 0.1) is 0 Å². The summed E-state index contributed by atoms with van der Waals surface area (Å²) in [5, 5.41) is 0. The van der Waals surface area contributed by atoms with Gasteiger partial charge in [-0.3, -0.25) is 14.2 Å². The predicted octanol–water partition coefficient (Wildman–Crippen LogP) is 31.6. The van der Waals surface area contributed by atoms with Crippen molar-refractivity contribution in [1.82, 2.24) is 0 Å². The monoisotopic (exact) mass is 1500 g/mol. The molecule has 0 aliphatic rings. The highest BCUT2D eigenvalue weighted by Gasteiger charge is 2.22. The van der Waals surface area contributed by atoms with Crippen LogP contribution in [0.25, 0.3) is 0 Å². The van der Waals surface area contributed by atoms with E-state index in [4.69, 9.17) is 18.5 Å². The van der Waals surface area contributed by atoms with Gasteiger partial charge in [0.25, 0.3) is 7.82 Å². The lowest BCUT2D eigenvalue weighted by atomic mass is 10.0. The van der Waals surface area contributed by atoms with Gasteiger partial charge in [0, 0.05) is 12.8 Å². The minimum atomic E-state index is -4.64. The highest BCUT2D eigenvalue weighted by Crippen LogP contribution is 2.38. The molecule has 0 saturated heterocycles. The molecule has 0 saturated carbocycles. The summed E-state index contributed by atoms with van der Waals surface area (Å²) in [5.41, 5.74) is 0. The minimum absolute atomic E-state index is 0.0256. The summed E-state index contributed by atoms with van der Waals surface area (Å²) >= 11 is 0. The molecule has 0 bridgehead atoms. The number of ether oxygens (including phenoxy) is 2. The van der Waals surface area contributed by atoms with Gasteiger partial charge < -0.3 is 27.9 Å². The maximum atomic E-state index is 12.9. The van der Waals surface area contributed by atoms with Crippen LogP contribution in [0.1, 0.15) is 521 Å². The van der Waals surface area contributed by atoms with Crippen LogP contribution < -0.4 is 4.89 Å². The second-order valence-corrected chi connectivity index (χ2v) is 35.5. The molecule has 0 aliphatic carbocycles. The molecule has 0 amide bonds. The average molecular weight is 1500 g/mol. The average Bonchev–Trinajstić information content (AvgIpc) is 0.935. The van der Waals surface area contributed by atoms with Gasteiger partial charge in [0.2, 0.25) is 0 Å². The lowest BCUT2D eigenvalue weighted by molar-refractivity contribution is -0.870. The molecular formula is C95H186NO8P. The van der Waals surface area contributed by atoms with Crippen LogP contribution >= 0.6 is 7.82 Å². The number of hydrogen-bond acceptors (Lipinski definition) is 8. The van der Waals surface area contributed by atoms with Gasteiger partial charge in [-0.1, -0.05) is 488 Å². The molecule has 2 atom stereocenters. The summed E-state index contributed by atoms with van der Waals surface area (Å²) in [4.78, 5) is 38.3. The number of allylic oxidation sites excluding steroid dienone is 4. The van der Waals surface area contributed by atoms with Crippen molar-refractivity contribution in [3.05, 3.63) is 24.3 Å². The number of likely N-dealkylation sites (N-methyl/N-ethyl adjacent to an activating group) is 1. The first kappa shape index (κ1) is 103. The minimum Gasteiger partial charge on any atom is -0.756 e. The molecule has 0 heterocycles. The molecule has 0 radical (unpaired) electrons. The first-order chi connectivity index (χ1) is 51.5. The molecular weight excluding hydrogens is 1310 g/mol. The summed E-state index contributed by atoms with van der Waals surface area (Å²) in [6.45, 7) is 4.34. The van der Waals surface area contributed by atoms with Crippen molar-refractivity contribution in [2.24, 2.45) is 0 Å². The van der Waals surface area contributed by atoms with E-state index in [1.54, 1.807) is 0 Å². The fraction of sp³-hybridized carbons (Fsp3) is 0.937. The summed E-state index contributed by atoms with van der Waals surface area (Å²) in [7, 11) is 1.20. The first-order valence-corrected chi connectivity index (χ1v) is 49.0. The molecule has 0 N–H and O–H groups in total. The van der Waals surface area contributed by atoms with Gasteiger partial charge in [-0.25, -0.2) is 0 Å². The van der Waals surface area contributed by atoms with E-state index in [2.05, 4.69) is 38.2 Å². The Bertz CT molecular complexity index is 1820. The number of nitrogens with zero attached hydrogens (tertiary/aromatic N) is 1. The number of quaternary nitrogens is 1. The van der Waals surface area contributed by atoms with E-state index in [0.717, 1.165) is 38.5 Å². The van der Waals surface area contributed by atoms with E-state index in [-0.39, 0.29) is 32.0 Å². The Morgan fingerprint density at radius 2 is 0.514 bits per heavy atom. The number of phosphoric ester groups is 1. The third kappa shape index (κ3) is 91.3. The van der Waals surface area contributed by atoms with Gasteiger partial charge in [0.1, 0.15) is 19.8 Å². The Kier molecular flexibility index (Phi) is 85.2. The zero-order chi connectivity index (χ0) is 76.1. The molecule has 9 nitrogen and oxygen atoms in total. The molecule has 2 unspecified atom stereocenters. The Morgan fingerprint density at radius 1 is 0.295 bits per heavy atom. The molecule has 0 fully saturated rings. The molecule has 0 aromatic rings. The summed E-state index contributed by atoms with van der Waals surface area (Å²) in [5.74, 6) is -0.799. The lowest BCUT2D eigenvalue weighted by Crippen LogP contribution is -2.37. The fourth-order valence-electron chi connectivity index (χ4n) is 15.0. The number of hydrogen-bond donors (Lipinski definition) is 0. The number of esters is 2. The second-order valence-electron chi connectivity index (χ2n) is 34.1. The van der Waals surface area contributed by atoms with Gasteiger partial charge >= 0.3 is 11.9 Å². The number of carbonyl (C=O) groups is 2. The molecule has 0 aliphatic heterocycles. The van der Waals surface area contributed by atoms with Crippen LogP contribution in [-0.2, 0) is 32.7 Å². The molecule has 0 aromatic carbocycles. The van der Waals surface area contributed by atoms with Crippen LogP contribution in [0.2, 0.25) is 0 Å². The Hall–Kier alpha value is -1.51. The molecule has 0 spiro atoms. The first-order valence-electron chi connectivity index (χ1n) is 47.5. The third-order valence-corrected chi connectivity index (χ3v) is 23.2. The van der Waals surface area contributed by atoms with Crippen molar-refractivity contribution < 1.29 is 42.1 Å². The van der Waals surface area contributed by atoms with Gasteiger partial charge in [0.05, 0.1) is 27.7 Å². The zero-order valence-electron chi connectivity index (χ0n) is 71.7. The van der Waals surface area contributed by atoms with Crippen LogP contribution in [0.15, 0.2) is 24.3 Å². The molecule has 624 valence electrons. The largest absolute Gasteiger partial charge is 0.756 e. The summed E-state index contributed by atoms with van der Waals surface area (Å²) < 4.78 is 34.5. The van der Waals surface area contributed by atoms with Crippen molar-refractivity contribution in [2.45, 2.75) is 527 Å². The van der Waals surface area contributed by atoms with Crippen molar-refractivity contribution in [3.63, 3.8) is 0 Å². The zero-order valence-corrected chi connectivity index (χ0v) is 72.6. The Labute approximate surface area is 657 Å². The van der Waals surface area contributed by atoms with Crippen LogP contribution in [-0.4, -0.2) is 70.0 Å². The third-order valence-electron chi connectivity index (χ3n) is 22.2. The van der Waals surface area contributed by atoms with Crippen molar-refractivity contribution in [2.75, 3.05) is 47.5 Å². The predicted molar refractivity (Wildman–Crippen MR) is 458 cm³/mol. The van der Waals surface area contributed by atoms with E-state index in [1.165, 1.54) is 449 Å². The van der Waals surface area contributed by atoms with Crippen LogP contribution in [0.3, 0.4) is 0 Å². The Balaban J connectivity index is 3.79. The maximum absolute atomic E-state index is 12.9. The number of phosphoric acid groups is 1. The molecule has 0 rings (SSSR count). The van der Waals surface area contributed by atoms with Crippen molar-refractivity contribution in [3.8, 4) is 0 Å². The second kappa shape index (κ2) is 86.5. The van der Waals surface area contributed by atoms with E-state index in [1.807, 2.05) is 21.1 Å². The highest BCUT2D eigenvalue weighted by atomic mass is 31.2. The van der Waals surface area contributed by atoms with E-state index in [9.17, 15) is 19.0 Å². The highest BCUT2D eigenvalue weighted by molar-refractivity contribution is 7.45. The van der Waals surface area contributed by atoms with Gasteiger partial charge in [-0.2, -0.15) is 0 Å². The van der Waals surface area contributed by atoms with Crippen molar-refractivity contribution >= 4 is 19.8 Å². The maximum Gasteiger partial charge on any atom is 0.306 e. The topological polar surface area (TPSA) is 111 Å². The normalized spacial score (nSPS) is 12.9. The lowest BCUT2D eigenvalue weighted by Gasteiger charge is -2.28. The van der Waals surface area contributed by atoms with E-state index < -0.39 is 26.5 Å². The van der Waals surface area contributed by atoms with Crippen LogP contribution in [0.4, 0.5) is 0 Å². The number of unbranched alkanes of at least 4 members (excludes halogenated alkanes) is 73. The van der Waals surface area contributed by atoms with E-state index in [0.29, 0.717) is 17.4 Å². The molecule has 10 heteroatoms. The quantitative estimate of drug-likeness (QED) is 0.0195. The molecule has 0 aromatic heterocycles. The van der Waals surface area contributed by atoms with Gasteiger partial charge in [-0.05, 0) is 44.9 Å². The SMILES string of the molecule is CCCCCCC/C=C\C/C=C\CCCCCCCCCCCCCCCCCCCCCCCCCCCCCCCC(=O)OC(COC(=O)CCCCCCCCCCCCCCCCCCCCCCCCCCCCCCCCCCCCCCCCCC)COP(=O)([O-])OCC[N+](C)(C)C. The number of carbonyl (C=O) groups excluding carboxylic acids is 2. The van der Waals surface area contributed by atoms with Crippen LogP contribution in [0.5, 0.6) is 0 Å². The standard InChI is InChI=1S/C95H186NO8P/c1-6-8-10-12-14-16-18-20-22-24-26-28-30-32-34-36-38-40-42-44-46-48-50-52-54-56-58-60-62-64-66-68-70-72-74-76-78-80-82-84-86-88-95(98)104-93(92-103-105(99,100)102-90-89-96(3,4)5)91-101-94(97)87-85-83-81-79-77-75-73-71-69-67-65-63-61-59-57-55-53-51-49-47-45-43-41-39-37-35-33-31-29-27-25-23-21-19-17-15-13-11-9-7-2/h18,20,24,26,93H,6-17,19,21-23,25,27-92H2,1-5H3/b20-18-,26-24-. The van der Waals surface area contributed by atoms with E-state index >= 15 is 0 Å². The van der Waals surface area contributed by atoms with Gasteiger partial charge in [0.15, 0.2) is 6.10 Å². The fourth-order valence-corrected chi connectivity index (χ4v) is 15.7. The Morgan fingerprint density at radius 3 is 0.752 bits per heavy atom.